The molecule has 1 aliphatic heterocycles. The average Bonchev–Trinajstić information content (AvgIpc) is 2.88. The van der Waals surface area contributed by atoms with Crippen molar-refractivity contribution in [2.75, 3.05) is 20.8 Å². The number of rotatable bonds is 5. The average molecular weight is 263 g/mol. The van der Waals surface area contributed by atoms with Gasteiger partial charge in [0.25, 0.3) is 0 Å². The lowest BCUT2D eigenvalue weighted by molar-refractivity contribution is 0.0782. The van der Waals surface area contributed by atoms with Gasteiger partial charge >= 0.3 is 0 Å². The molecule has 0 saturated carbocycles. The van der Waals surface area contributed by atoms with E-state index in [-0.39, 0.29) is 0 Å². The number of nitrogens with one attached hydrogen (secondary N) is 1. The number of ether oxygens (including phenoxy) is 2. The highest BCUT2D eigenvalue weighted by molar-refractivity contribution is 5.37. The van der Waals surface area contributed by atoms with E-state index in [4.69, 9.17) is 9.47 Å². The monoisotopic (exact) mass is 263 g/mol. The van der Waals surface area contributed by atoms with Crippen LogP contribution in [0.1, 0.15) is 36.9 Å². The molecule has 1 aromatic rings. The summed E-state index contributed by atoms with van der Waals surface area (Å²) in [7, 11) is 3.75. The zero-order chi connectivity index (χ0) is 13.8. The molecule has 1 aromatic carbocycles. The van der Waals surface area contributed by atoms with Gasteiger partial charge in [0.2, 0.25) is 0 Å². The zero-order valence-corrected chi connectivity index (χ0v) is 12.4. The summed E-state index contributed by atoms with van der Waals surface area (Å²) < 4.78 is 11.2. The third-order valence-corrected chi connectivity index (χ3v) is 4.18. The van der Waals surface area contributed by atoms with Crippen LogP contribution in [0.2, 0.25) is 0 Å². The van der Waals surface area contributed by atoms with Crippen molar-refractivity contribution in [3.8, 4) is 5.75 Å². The molecule has 3 atom stereocenters. The summed E-state index contributed by atoms with van der Waals surface area (Å²) in [5, 5.41) is 3.47. The zero-order valence-electron chi connectivity index (χ0n) is 12.4. The maximum atomic E-state index is 5.83. The summed E-state index contributed by atoms with van der Waals surface area (Å²) in [5.41, 5.74) is 2.52. The quantitative estimate of drug-likeness (QED) is 0.885. The smallest absolute Gasteiger partial charge is 0.121 e. The summed E-state index contributed by atoms with van der Waals surface area (Å²) in [4.78, 5) is 0. The number of benzene rings is 1. The molecule has 1 N–H and O–H groups in total. The van der Waals surface area contributed by atoms with E-state index in [1.54, 1.807) is 7.11 Å². The topological polar surface area (TPSA) is 30.5 Å². The summed E-state index contributed by atoms with van der Waals surface area (Å²) in [6.07, 6.45) is 2.59. The van der Waals surface area contributed by atoms with Gasteiger partial charge in [-0.15, -0.1) is 0 Å². The molecule has 3 heteroatoms. The lowest BCUT2D eigenvalue weighted by atomic mass is 9.86. The first kappa shape index (κ1) is 14.4. The van der Waals surface area contributed by atoms with Crippen LogP contribution >= 0.6 is 0 Å². The summed E-state index contributed by atoms with van der Waals surface area (Å²) in [5.74, 6) is 1.51. The molecule has 2 rings (SSSR count). The molecule has 0 amide bonds. The molecule has 0 aliphatic carbocycles. The van der Waals surface area contributed by atoms with E-state index in [2.05, 4.69) is 37.4 Å². The van der Waals surface area contributed by atoms with Gasteiger partial charge in [0.1, 0.15) is 5.75 Å². The lowest BCUT2D eigenvalue weighted by Crippen LogP contribution is -2.30. The minimum absolute atomic E-state index is 0.358. The fourth-order valence-corrected chi connectivity index (χ4v) is 3.19. The number of hydrogen-bond acceptors (Lipinski definition) is 3. The molecular formula is C16H25NO2. The second kappa shape index (κ2) is 6.40. The minimum atomic E-state index is 0.358. The molecule has 0 spiro atoms. The fraction of sp³-hybridized carbons (Fsp3) is 0.625. The van der Waals surface area contributed by atoms with E-state index >= 15 is 0 Å². The molecule has 106 valence electrons. The Labute approximate surface area is 116 Å². The molecule has 19 heavy (non-hydrogen) atoms. The summed E-state index contributed by atoms with van der Waals surface area (Å²) in [6, 6.07) is 6.81. The molecule has 1 fully saturated rings. The van der Waals surface area contributed by atoms with Crippen molar-refractivity contribution >= 4 is 0 Å². The van der Waals surface area contributed by atoms with Gasteiger partial charge in [-0.25, -0.2) is 0 Å². The van der Waals surface area contributed by atoms with Crippen LogP contribution in [0.15, 0.2) is 18.2 Å². The first-order chi connectivity index (χ1) is 9.21. The molecule has 0 radical (unpaired) electrons. The number of aryl methyl sites for hydroxylation is 1. The van der Waals surface area contributed by atoms with Crippen molar-refractivity contribution < 1.29 is 9.47 Å². The molecule has 3 nitrogen and oxygen atoms in total. The second-order valence-corrected chi connectivity index (χ2v) is 5.27. The number of methoxy groups -OCH3 is 1. The van der Waals surface area contributed by atoms with Crippen molar-refractivity contribution in [1.82, 2.24) is 5.32 Å². The molecule has 3 unspecified atom stereocenters. The Morgan fingerprint density at radius 2 is 2.26 bits per heavy atom. The Kier molecular flexibility index (Phi) is 4.83. The Hall–Kier alpha value is -1.06. The van der Waals surface area contributed by atoms with E-state index in [9.17, 15) is 0 Å². The Morgan fingerprint density at radius 3 is 2.84 bits per heavy atom. The minimum Gasteiger partial charge on any atom is -0.496 e. The van der Waals surface area contributed by atoms with E-state index in [0.29, 0.717) is 18.1 Å². The van der Waals surface area contributed by atoms with Gasteiger partial charge in [-0.05, 0) is 44.0 Å². The van der Waals surface area contributed by atoms with Crippen molar-refractivity contribution in [1.29, 1.82) is 0 Å². The highest BCUT2D eigenvalue weighted by atomic mass is 16.5. The Morgan fingerprint density at radius 1 is 1.47 bits per heavy atom. The standard InChI is InChI=1S/C16H25NO2/c1-5-14-13(8-9-19-14)16(17-3)12-6-7-15(18-4)11(2)10-12/h6-7,10,13-14,16-17H,5,8-9H2,1-4H3. The van der Waals surface area contributed by atoms with Gasteiger partial charge in [-0.1, -0.05) is 19.1 Å². The lowest BCUT2D eigenvalue weighted by Gasteiger charge is -2.27. The third kappa shape index (κ3) is 2.93. The van der Waals surface area contributed by atoms with Crippen LogP contribution in [0.25, 0.3) is 0 Å². The van der Waals surface area contributed by atoms with Crippen LogP contribution in [0.5, 0.6) is 5.75 Å². The van der Waals surface area contributed by atoms with E-state index in [1.165, 1.54) is 11.1 Å². The van der Waals surface area contributed by atoms with Gasteiger partial charge in [0, 0.05) is 18.6 Å². The maximum absolute atomic E-state index is 5.83. The predicted octanol–water partition coefficient (Wildman–Crippen LogP) is 3.08. The van der Waals surface area contributed by atoms with Crippen molar-refractivity contribution in [3.05, 3.63) is 29.3 Å². The van der Waals surface area contributed by atoms with Gasteiger partial charge in [0.05, 0.1) is 13.2 Å². The molecule has 1 heterocycles. The SMILES string of the molecule is CCC1OCCC1C(NC)c1ccc(OC)c(C)c1. The van der Waals surface area contributed by atoms with Crippen LogP contribution in [-0.4, -0.2) is 26.9 Å². The fourth-order valence-electron chi connectivity index (χ4n) is 3.19. The molecule has 1 aliphatic rings. The van der Waals surface area contributed by atoms with Crippen molar-refractivity contribution in [2.45, 2.75) is 38.8 Å². The van der Waals surface area contributed by atoms with E-state index in [0.717, 1.165) is 25.2 Å². The van der Waals surface area contributed by atoms with Crippen molar-refractivity contribution in [2.24, 2.45) is 5.92 Å². The molecule has 0 bridgehead atoms. The second-order valence-electron chi connectivity index (χ2n) is 5.27. The van der Waals surface area contributed by atoms with Gasteiger partial charge in [-0.2, -0.15) is 0 Å². The summed E-state index contributed by atoms with van der Waals surface area (Å²) >= 11 is 0. The molecular weight excluding hydrogens is 238 g/mol. The predicted molar refractivity (Wildman–Crippen MR) is 77.7 cm³/mol. The summed E-state index contributed by atoms with van der Waals surface area (Å²) in [6.45, 7) is 5.18. The van der Waals surface area contributed by atoms with Gasteiger partial charge in [-0.3, -0.25) is 0 Å². The Bertz CT molecular complexity index is 419. The number of hydrogen-bond donors (Lipinski definition) is 1. The highest BCUT2D eigenvalue weighted by Crippen LogP contribution is 2.35. The third-order valence-electron chi connectivity index (χ3n) is 4.18. The molecule has 0 aromatic heterocycles. The van der Waals surface area contributed by atoms with Crippen LogP contribution in [-0.2, 0) is 4.74 Å². The van der Waals surface area contributed by atoms with E-state index < -0.39 is 0 Å². The normalized spacial score (nSPS) is 24.4. The maximum Gasteiger partial charge on any atom is 0.121 e. The largest absolute Gasteiger partial charge is 0.496 e. The van der Waals surface area contributed by atoms with Gasteiger partial charge < -0.3 is 14.8 Å². The first-order valence-corrected chi connectivity index (χ1v) is 7.14. The van der Waals surface area contributed by atoms with Crippen LogP contribution in [0.3, 0.4) is 0 Å². The molecule has 1 saturated heterocycles. The van der Waals surface area contributed by atoms with Gasteiger partial charge in [0.15, 0.2) is 0 Å². The van der Waals surface area contributed by atoms with Crippen molar-refractivity contribution in [3.63, 3.8) is 0 Å². The van der Waals surface area contributed by atoms with E-state index in [1.807, 2.05) is 7.05 Å². The Balaban J connectivity index is 2.24. The van der Waals surface area contributed by atoms with Crippen LogP contribution in [0.4, 0.5) is 0 Å². The van der Waals surface area contributed by atoms with Crippen LogP contribution < -0.4 is 10.1 Å². The highest BCUT2D eigenvalue weighted by Gasteiger charge is 2.33. The first-order valence-electron chi connectivity index (χ1n) is 7.14. The van der Waals surface area contributed by atoms with Crippen LogP contribution in [0, 0.1) is 12.8 Å².